The molecule has 1 atom stereocenters. The molecule has 27 heavy (non-hydrogen) atoms. The van der Waals surface area contributed by atoms with Gasteiger partial charge in [0.05, 0.1) is 6.54 Å². The second kappa shape index (κ2) is 10.5. The Bertz CT molecular complexity index is 573. The average molecular weight is 374 g/mol. The van der Waals surface area contributed by atoms with Crippen molar-refractivity contribution in [2.24, 2.45) is 4.99 Å². The molecule has 6 heteroatoms. The first kappa shape index (κ1) is 20.0. The molecule has 2 N–H and O–H groups in total. The summed E-state index contributed by atoms with van der Waals surface area (Å²) in [5, 5.41) is 6.82. The molecule has 0 aromatic heterocycles. The van der Waals surface area contributed by atoms with Gasteiger partial charge < -0.3 is 25.2 Å². The third-order valence-corrected chi connectivity index (χ3v) is 5.54. The Balaban J connectivity index is 1.25. The van der Waals surface area contributed by atoms with Gasteiger partial charge in [-0.3, -0.25) is 4.99 Å². The second-order valence-electron chi connectivity index (χ2n) is 7.41. The highest BCUT2D eigenvalue weighted by Gasteiger charge is 2.22. The van der Waals surface area contributed by atoms with Crippen LogP contribution in [0.15, 0.2) is 29.3 Å². The van der Waals surface area contributed by atoms with Crippen LogP contribution in [0, 0.1) is 0 Å². The van der Waals surface area contributed by atoms with Crippen LogP contribution in [0.3, 0.4) is 0 Å². The lowest BCUT2D eigenvalue weighted by molar-refractivity contribution is 0.136. The lowest BCUT2D eigenvalue weighted by atomic mass is 10.1. The van der Waals surface area contributed by atoms with Gasteiger partial charge in [-0.2, -0.15) is 0 Å². The fourth-order valence-corrected chi connectivity index (χ4v) is 3.80. The van der Waals surface area contributed by atoms with Crippen molar-refractivity contribution in [2.75, 3.05) is 59.4 Å². The summed E-state index contributed by atoms with van der Waals surface area (Å²) in [5.41, 5.74) is 1.30. The van der Waals surface area contributed by atoms with Crippen LogP contribution >= 0.6 is 0 Å². The summed E-state index contributed by atoms with van der Waals surface area (Å²) >= 11 is 0. The molecule has 1 saturated heterocycles. The van der Waals surface area contributed by atoms with Gasteiger partial charge in [-0.25, -0.2) is 0 Å². The number of hydrogen-bond donors (Lipinski definition) is 2. The van der Waals surface area contributed by atoms with Crippen molar-refractivity contribution in [1.82, 2.24) is 20.4 Å². The lowest BCUT2D eigenvalue weighted by Gasteiger charge is -2.34. The van der Waals surface area contributed by atoms with E-state index >= 15 is 0 Å². The number of para-hydroxylation sites is 1. The van der Waals surface area contributed by atoms with Gasteiger partial charge >= 0.3 is 0 Å². The Kier molecular flexibility index (Phi) is 7.78. The maximum absolute atomic E-state index is 5.97. The van der Waals surface area contributed by atoms with Crippen molar-refractivity contribution in [3.05, 3.63) is 29.8 Å². The monoisotopic (exact) mass is 373 g/mol. The quantitative estimate of drug-likeness (QED) is 0.412. The minimum atomic E-state index is 0.183. The predicted octanol–water partition coefficient (Wildman–Crippen LogP) is 1.57. The molecule has 0 spiro atoms. The summed E-state index contributed by atoms with van der Waals surface area (Å²) in [4.78, 5) is 9.45. The van der Waals surface area contributed by atoms with E-state index < -0.39 is 0 Å². The Morgan fingerprint density at radius 1 is 1.11 bits per heavy atom. The zero-order valence-corrected chi connectivity index (χ0v) is 16.9. The summed E-state index contributed by atoms with van der Waals surface area (Å²) in [7, 11) is 1.83. The van der Waals surface area contributed by atoms with Crippen molar-refractivity contribution in [3.8, 4) is 5.75 Å². The molecule has 0 bridgehead atoms. The largest absolute Gasteiger partial charge is 0.488 e. The third-order valence-electron chi connectivity index (χ3n) is 5.54. The molecule has 2 aliphatic heterocycles. The molecule has 150 valence electrons. The molecule has 1 aromatic rings. The molecule has 3 rings (SSSR count). The van der Waals surface area contributed by atoms with E-state index in [1.807, 2.05) is 19.2 Å². The molecule has 1 fully saturated rings. The lowest BCUT2D eigenvalue weighted by Crippen LogP contribution is -2.46. The number of rotatable bonds is 8. The molecule has 6 nitrogen and oxygen atoms in total. The number of likely N-dealkylation sites (N-methyl/N-ethyl adjacent to an activating group) is 1. The highest BCUT2D eigenvalue weighted by Crippen LogP contribution is 2.27. The van der Waals surface area contributed by atoms with Gasteiger partial charge in [-0.05, 0) is 37.6 Å². The first-order valence-electron chi connectivity index (χ1n) is 10.4. The van der Waals surface area contributed by atoms with Crippen LogP contribution in [0.1, 0.15) is 25.3 Å². The number of nitrogens with zero attached hydrogens (tertiary/aromatic N) is 3. The van der Waals surface area contributed by atoms with Gasteiger partial charge in [-0.15, -0.1) is 0 Å². The summed E-state index contributed by atoms with van der Waals surface area (Å²) in [6, 6.07) is 8.29. The summed E-state index contributed by atoms with van der Waals surface area (Å²) in [6.45, 7) is 11.2. The van der Waals surface area contributed by atoms with Crippen LogP contribution in [0.5, 0.6) is 5.75 Å². The number of unbranched alkanes of at least 4 members (excludes halogenated alkanes) is 1. The maximum atomic E-state index is 5.97. The topological polar surface area (TPSA) is 52.1 Å². The second-order valence-corrected chi connectivity index (χ2v) is 7.41. The normalized spacial score (nSPS) is 21.0. The van der Waals surface area contributed by atoms with E-state index in [0.29, 0.717) is 0 Å². The number of piperazine rings is 1. The molecule has 0 radical (unpaired) electrons. The van der Waals surface area contributed by atoms with Crippen LogP contribution < -0.4 is 15.4 Å². The van der Waals surface area contributed by atoms with Gasteiger partial charge in [0.25, 0.3) is 0 Å². The fraction of sp³-hybridized carbons (Fsp3) is 0.667. The third kappa shape index (κ3) is 6.11. The molecule has 0 amide bonds. The van der Waals surface area contributed by atoms with Crippen molar-refractivity contribution < 1.29 is 4.74 Å². The number of guanidine groups is 1. The molecule has 0 saturated carbocycles. The van der Waals surface area contributed by atoms with E-state index in [1.54, 1.807) is 0 Å². The van der Waals surface area contributed by atoms with E-state index in [2.05, 4.69) is 44.5 Å². The first-order valence-corrected chi connectivity index (χ1v) is 10.4. The van der Waals surface area contributed by atoms with Gasteiger partial charge in [0.1, 0.15) is 11.9 Å². The predicted molar refractivity (Wildman–Crippen MR) is 112 cm³/mol. The molecule has 2 heterocycles. The van der Waals surface area contributed by atoms with Crippen molar-refractivity contribution >= 4 is 5.96 Å². The molecule has 1 aromatic carbocycles. The van der Waals surface area contributed by atoms with Gasteiger partial charge in [0.2, 0.25) is 0 Å². The van der Waals surface area contributed by atoms with Crippen LogP contribution in [-0.4, -0.2) is 81.3 Å². The number of ether oxygens (including phenoxy) is 1. The highest BCUT2D eigenvalue weighted by atomic mass is 16.5. The Hall–Kier alpha value is -1.79. The van der Waals surface area contributed by atoms with Crippen molar-refractivity contribution in [3.63, 3.8) is 0 Å². The van der Waals surface area contributed by atoms with Crippen molar-refractivity contribution in [2.45, 2.75) is 32.3 Å². The zero-order valence-electron chi connectivity index (χ0n) is 16.9. The van der Waals surface area contributed by atoms with Gasteiger partial charge in [0.15, 0.2) is 5.96 Å². The number of fused-ring (bicyclic) bond motifs is 1. The number of benzene rings is 1. The molecule has 2 aliphatic rings. The van der Waals surface area contributed by atoms with Crippen LogP contribution in [0.4, 0.5) is 0 Å². The van der Waals surface area contributed by atoms with Crippen LogP contribution in [0.2, 0.25) is 0 Å². The van der Waals surface area contributed by atoms with E-state index in [0.717, 1.165) is 31.2 Å². The summed E-state index contributed by atoms with van der Waals surface area (Å²) in [5.74, 6) is 1.89. The van der Waals surface area contributed by atoms with Gasteiger partial charge in [0, 0.05) is 46.2 Å². The van der Waals surface area contributed by atoms with E-state index in [4.69, 9.17) is 4.74 Å². The number of nitrogens with one attached hydrogen (secondary N) is 2. The smallest absolute Gasteiger partial charge is 0.191 e. The van der Waals surface area contributed by atoms with Crippen molar-refractivity contribution in [1.29, 1.82) is 0 Å². The summed E-state index contributed by atoms with van der Waals surface area (Å²) in [6.07, 6.45) is 3.55. The minimum absolute atomic E-state index is 0.183. The molecular weight excluding hydrogens is 338 g/mol. The molecular formula is C21H35N5O. The van der Waals surface area contributed by atoms with Crippen LogP contribution in [0.25, 0.3) is 0 Å². The average Bonchev–Trinajstić information content (AvgIpc) is 3.13. The molecule has 0 aliphatic carbocycles. The van der Waals surface area contributed by atoms with E-state index in [1.165, 1.54) is 57.7 Å². The van der Waals surface area contributed by atoms with E-state index in [9.17, 15) is 0 Å². The van der Waals surface area contributed by atoms with E-state index in [-0.39, 0.29) is 6.10 Å². The zero-order chi connectivity index (χ0) is 18.9. The standard InChI is InChI=1S/C21H35N5O/c1-3-25-12-14-26(15-13-25)11-7-6-10-23-21(22-2)24-17-19-16-18-8-4-5-9-20(18)27-19/h4-5,8-9,19H,3,6-7,10-17H2,1-2H3,(H2,22,23,24). The fourth-order valence-electron chi connectivity index (χ4n) is 3.80. The first-order chi connectivity index (χ1) is 13.3. The van der Waals surface area contributed by atoms with Gasteiger partial charge in [-0.1, -0.05) is 25.1 Å². The Labute approximate surface area is 164 Å². The maximum Gasteiger partial charge on any atom is 0.191 e. The number of hydrogen-bond acceptors (Lipinski definition) is 4. The highest BCUT2D eigenvalue weighted by molar-refractivity contribution is 5.79. The Morgan fingerprint density at radius 3 is 2.63 bits per heavy atom. The SMILES string of the molecule is CCN1CCN(CCCCNC(=NC)NCC2Cc3ccccc3O2)CC1. The number of aliphatic imine (C=N–C) groups is 1. The van der Waals surface area contributed by atoms with Crippen LogP contribution in [-0.2, 0) is 6.42 Å². The summed E-state index contributed by atoms with van der Waals surface area (Å²) < 4.78 is 5.97. The molecule has 1 unspecified atom stereocenters. The minimum Gasteiger partial charge on any atom is -0.488 e. The Morgan fingerprint density at radius 2 is 1.89 bits per heavy atom.